The van der Waals surface area contributed by atoms with Crippen molar-refractivity contribution in [2.75, 3.05) is 11.9 Å². The molecule has 0 amide bonds. The van der Waals surface area contributed by atoms with E-state index in [0.29, 0.717) is 12.1 Å². The van der Waals surface area contributed by atoms with Crippen LogP contribution in [0.2, 0.25) is 0 Å². The lowest BCUT2D eigenvalue weighted by atomic mass is 10.0. The SMILES string of the molecule is [N-]=[N+]=Nc1c([N+](=O)[O-])ccc2c1/C(=C/c1ccc[nH]1)CN2. The van der Waals surface area contributed by atoms with Crippen LogP contribution in [0.4, 0.5) is 17.1 Å². The Morgan fingerprint density at radius 1 is 1.43 bits per heavy atom. The summed E-state index contributed by atoms with van der Waals surface area (Å²) in [5.41, 5.74) is 11.5. The minimum atomic E-state index is -0.547. The molecule has 8 heteroatoms. The molecular formula is C13H10N6O2. The third kappa shape index (κ3) is 2.19. The monoisotopic (exact) mass is 282 g/mol. The van der Waals surface area contributed by atoms with Crippen LogP contribution in [0.5, 0.6) is 0 Å². The summed E-state index contributed by atoms with van der Waals surface area (Å²) >= 11 is 0. The van der Waals surface area contributed by atoms with Crippen molar-refractivity contribution in [2.24, 2.45) is 5.11 Å². The van der Waals surface area contributed by atoms with Crippen molar-refractivity contribution in [3.63, 3.8) is 0 Å². The number of azide groups is 1. The van der Waals surface area contributed by atoms with E-state index in [1.165, 1.54) is 6.07 Å². The highest BCUT2D eigenvalue weighted by Gasteiger charge is 2.26. The van der Waals surface area contributed by atoms with Crippen molar-refractivity contribution in [1.29, 1.82) is 0 Å². The van der Waals surface area contributed by atoms with Crippen LogP contribution in [0.3, 0.4) is 0 Å². The van der Waals surface area contributed by atoms with Crippen LogP contribution < -0.4 is 5.32 Å². The molecule has 0 saturated heterocycles. The van der Waals surface area contributed by atoms with E-state index in [2.05, 4.69) is 20.3 Å². The van der Waals surface area contributed by atoms with E-state index in [1.807, 2.05) is 18.2 Å². The molecule has 8 nitrogen and oxygen atoms in total. The van der Waals surface area contributed by atoms with Gasteiger partial charge in [-0.05, 0) is 35.4 Å². The number of aromatic amines is 1. The number of hydrogen-bond acceptors (Lipinski definition) is 4. The third-order valence-electron chi connectivity index (χ3n) is 3.24. The van der Waals surface area contributed by atoms with E-state index in [1.54, 1.807) is 12.3 Å². The molecule has 0 radical (unpaired) electrons. The highest BCUT2D eigenvalue weighted by molar-refractivity contribution is 5.99. The lowest BCUT2D eigenvalue weighted by Gasteiger charge is -2.05. The summed E-state index contributed by atoms with van der Waals surface area (Å²) in [5, 5.41) is 17.8. The van der Waals surface area contributed by atoms with Gasteiger partial charge < -0.3 is 10.3 Å². The summed E-state index contributed by atoms with van der Waals surface area (Å²) in [7, 11) is 0. The first-order valence-corrected chi connectivity index (χ1v) is 6.15. The van der Waals surface area contributed by atoms with Gasteiger partial charge in [-0.1, -0.05) is 5.11 Å². The zero-order valence-electron chi connectivity index (χ0n) is 10.8. The van der Waals surface area contributed by atoms with Gasteiger partial charge in [-0.3, -0.25) is 10.1 Å². The van der Waals surface area contributed by atoms with Crippen LogP contribution in [0.25, 0.3) is 22.1 Å². The Kier molecular flexibility index (Phi) is 3.06. The van der Waals surface area contributed by atoms with E-state index in [9.17, 15) is 10.1 Å². The molecule has 0 aliphatic carbocycles. The molecule has 1 aromatic heterocycles. The van der Waals surface area contributed by atoms with E-state index in [-0.39, 0.29) is 11.4 Å². The van der Waals surface area contributed by atoms with Crippen LogP contribution in [0.15, 0.2) is 35.6 Å². The predicted octanol–water partition coefficient (Wildman–Crippen LogP) is 3.83. The molecule has 0 fully saturated rings. The summed E-state index contributed by atoms with van der Waals surface area (Å²) in [6, 6.07) is 6.71. The van der Waals surface area contributed by atoms with Crippen molar-refractivity contribution < 1.29 is 4.92 Å². The number of nitrogens with one attached hydrogen (secondary N) is 2. The topological polar surface area (TPSA) is 120 Å². The maximum Gasteiger partial charge on any atom is 0.279 e. The number of rotatable bonds is 3. The van der Waals surface area contributed by atoms with E-state index in [0.717, 1.165) is 17.0 Å². The normalized spacial score (nSPS) is 14.4. The van der Waals surface area contributed by atoms with Gasteiger partial charge in [-0.25, -0.2) is 0 Å². The quantitative estimate of drug-likeness (QED) is 0.292. The third-order valence-corrected chi connectivity index (χ3v) is 3.24. The van der Waals surface area contributed by atoms with E-state index >= 15 is 0 Å². The summed E-state index contributed by atoms with van der Waals surface area (Å²) < 4.78 is 0. The fourth-order valence-electron chi connectivity index (χ4n) is 2.37. The minimum Gasteiger partial charge on any atom is -0.380 e. The highest BCUT2D eigenvalue weighted by atomic mass is 16.6. The summed E-state index contributed by atoms with van der Waals surface area (Å²) in [5.74, 6) is 0. The smallest absolute Gasteiger partial charge is 0.279 e. The summed E-state index contributed by atoms with van der Waals surface area (Å²) in [6.07, 6.45) is 3.66. The van der Waals surface area contributed by atoms with Gasteiger partial charge in [0.15, 0.2) is 0 Å². The standard InChI is InChI=1S/C13H10N6O2/c14-18-17-13-11(19(20)21)4-3-10-12(13)8(7-16-10)6-9-2-1-5-15-9/h1-6,15-16H,7H2/b8-6+. The molecule has 0 spiro atoms. The predicted molar refractivity (Wildman–Crippen MR) is 79.1 cm³/mol. The van der Waals surface area contributed by atoms with Crippen molar-refractivity contribution >= 4 is 28.7 Å². The van der Waals surface area contributed by atoms with Gasteiger partial charge in [0.2, 0.25) is 0 Å². The van der Waals surface area contributed by atoms with Gasteiger partial charge in [0, 0.05) is 40.7 Å². The van der Waals surface area contributed by atoms with Gasteiger partial charge in [-0.15, -0.1) is 0 Å². The molecule has 2 aromatic rings. The van der Waals surface area contributed by atoms with Crippen molar-refractivity contribution in [1.82, 2.24) is 4.98 Å². The Hall–Kier alpha value is -3.25. The van der Waals surface area contributed by atoms with Crippen molar-refractivity contribution in [2.45, 2.75) is 0 Å². The zero-order chi connectivity index (χ0) is 14.8. The van der Waals surface area contributed by atoms with Crippen molar-refractivity contribution in [3.05, 3.63) is 62.3 Å². The molecule has 0 bridgehead atoms. The molecule has 2 N–H and O–H groups in total. The number of aromatic nitrogens is 1. The second-order valence-electron chi connectivity index (χ2n) is 4.45. The van der Waals surface area contributed by atoms with Crippen LogP contribution in [0, 0.1) is 10.1 Å². The van der Waals surface area contributed by atoms with Crippen LogP contribution in [0.1, 0.15) is 11.3 Å². The van der Waals surface area contributed by atoms with Gasteiger partial charge in [0.1, 0.15) is 5.69 Å². The maximum atomic E-state index is 11.1. The first-order valence-electron chi connectivity index (χ1n) is 6.15. The Balaban J connectivity index is 2.22. The summed E-state index contributed by atoms with van der Waals surface area (Å²) in [6.45, 7) is 0.517. The second-order valence-corrected chi connectivity index (χ2v) is 4.45. The van der Waals surface area contributed by atoms with E-state index in [4.69, 9.17) is 5.53 Å². The molecule has 1 aromatic carbocycles. The molecule has 21 heavy (non-hydrogen) atoms. The Morgan fingerprint density at radius 2 is 2.29 bits per heavy atom. The van der Waals surface area contributed by atoms with Gasteiger partial charge in [0.25, 0.3) is 5.69 Å². The Labute approximate surface area is 118 Å². The average Bonchev–Trinajstić information content (AvgIpc) is 3.10. The molecular weight excluding hydrogens is 272 g/mol. The van der Waals surface area contributed by atoms with E-state index < -0.39 is 4.92 Å². The molecule has 1 aliphatic heterocycles. The lowest BCUT2D eigenvalue weighted by Crippen LogP contribution is -1.91. The van der Waals surface area contributed by atoms with Gasteiger partial charge >= 0.3 is 0 Å². The number of H-pyrrole nitrogens is 1. The molecule has 104 valence electrons. The number of hydrogen-bond donors (Lipinski definition) is 2. The number of nitro groups is 1. The van der Waals surface area contributed by atoms with Crippen LogP contribution >= 0.6 is 0 Å². The Morgan fingerprint density at radius 3 is 2.95 bits per heavy atom. The fourth-order valence-corrected chi connectivity index (χ4v) is 2.37. The molecule has 2 heterocycles. The molecule has 3 rings (SSSR count). The van der Waals surface area contributed by atoms with Gasteiger partial charge in [-0.2, -0.15) is 0 Å². The van der Waals surface area contributed by atoms with Crippen LogP contribution in [-0.2, 0) is 0 Å². The average molecular weight is 282 g/mol. The minimum absolute atomic E-state index is 0.0443. The van der Waals surface area contributed by atoms with Crippen LogP contribution in [-0.4, -0.2) is 16.5 Å². The number of fused-ring (bicyclic) bond motifs is 1. The zero-order valence-corrected chi connectivity index (χ0v) is 10.8. The first-order chi connectivity index (χ1) is 10.2. The molecule has 0 saturated carbocycles. The molecule has 0 atom stereocenters. The van der Waals surface area contributed by atoms with Crippen molar-refractivity contribution in [3.8, 4) is 0 Å². The number of nitrogens with zero attached hydrogens (tertiary/aromatic N) is 4. The molecule has 0 unspecified atom stereocenters. The highest BCUT2D eigenvalue weighted by Crippen LogP contribution is 2.44. The number of anilines is 1. The first kappa shape index (κ1) is 12.8. The van der Waals surface area contributed by atoms with Gasteiger partial charge in [0.05, 0.1) is 4.92 Å². The molecule has 1 aliphatic rings. The maximum absolute atomic E-state index is 11.1. The lowest BCUT2D eigenvalue weighted by molar-refractivity contribution is -0.384. The summed E-state index contributed by atoms with van der Waals surface area (Å²) in [4.78, 5) is 16.3. The Bertz CT molecular complexity index is 787. The number of nitro benzene ring substituents is 1. The number of benzene rings is 1. The largest absolute Gasteiger partial charge is 0.380 e. The second kappa shape index (κ2) is 5.03. The fraction of sp³-hybridized carbons (Fsp3) is 0.0769.